The van der Waals surface area contributed by atoms with Crippen LogP contribution in [0.5, 0.6) is 0 Å². The summed E-state index contributed by atoms with van der Waals surface area (Å²) in [7, 11) is 0. The summed E-state index contributed by atoms with van der Waals surface area (Å²) in [5.41, 5.74) is 1.36. The maximum atomic E-state index is 8.64. The molecule has 0 amide bonds. The van der Waals surface area contributed by atoms with E-state index in [1.54, 1.807) is 18.2 Å². The van der Waals surface area contributed by atoms with Gasteiger partial charge in [0, 0.05) is 18.7 Å². The predicted octanol–water partition coefficient (Wildman–Crippen LogP) is 2.65. The van der Waals surface area contributed by atoms with Crippen LogP contribution in [-0.4, -0.2) is 6.54 Å². The first-order chi connectivity index (χ1) is 6.77. The molecule has 1 rings (SSSR count). The van der Waals surface area contributed by atoms with Crippen LogP contribution in [0.1, 0.15) is 12.0 Å². The van der Waals surface area contributed by atoms with Crippen molar-refractivity contribution in [3.63, 3.8) is 0 Å². The van der Waals surface area contributed by atoms with Gasteiger partial charge in [0.05, 0.1) is 10.6 Å². The lowest BCUT2D eigenvalue weighted by atomic mass is 10.2. The number of nitrogens with zero attached hydrogens (tertiary/aromatic N) is 1. The molecule has 0 bridgehead atoms. The Bertz CT molecular complexity index is 399. The van der Waals surface area contributed by atoms with Crippen LogP contribution < -0.4 is 5.32 Å². The second-order valence-electron chi connectivity index (χ2n) is 2.69. The number of terminal acetylenes is 1. The van der Waals surface area contributed by atoms with Crippen LogP contribution in [0.3, 0.4) is 0 Å². The van der Waals surface area contributed by atoms with Crippen LogP contribution in [0.15, 0.2) is 18.2 Å². The zero-order chi connectivity index (χ0) is 10.4. The van der Waals surface area contributed by atoms with Crippen LogP contribution in [0.4, 0.5) is 5.69 Å². The van der Waals surface area contributed by atoms with Crippen LogP contribution in [-0.2, 0) is 0 Å². The number of hydrogen-bond acceptors (Lipinski definition) is 2. The smallest absolute Gasteiger partial charge is 0.101 e. The normalized spacial score (nSPS) is 8.79. The van der Waals surface area contributed by atoms with Gasteiger partial charge < -0.3 is 5.32 Å². The summed E-state index contributed by atoms with van der Waals surface area (Å²) in [5, 5.41) is 12.2. The fourth-order valence-electron chi connectivity index (χ4n) is 0.995. The summed E-state index contributed by atoms with van der Waals surface area (Å²) < 4.78 is 0. The van der Waals surface area contributed by atoms with Crippen molar-refractivity contribution >= 4 is 17.3 Å². The third-order valence-electron chi connectivity index (χ3n) is 1.69. The lowest BCUT2D eigenvalue weighted by Crippen LogP contribution is -2.00. The minimum absolute atomic E-state index is 0.457. The Balaban J connectivity index is 2.69. The first-order valence-electron chi connectivity index (χ1n) is 4.15. The maximum absolute atomic E-state index is 8.64. The number of benzene rings is 1. The molecule has 1 aromatic rings. The first kappa shape index (κ1) is 10.4. The van der Waals surface area contributed by atoms with E-state index in [-0.39, 0.29) is 0 Å². The second-order valence-corrected chi connectivity index (χ2v) is 3.09. The van der Waals surface area contributed by atoms with Crippen molar-refractivity contribution in [2.24, 2.45) is 0 Å². The standard InChI is InChI=1S/C11H9ClN2/c1-2-3-6-14-10-5-4-9(8-13)11(12)7-10/h1,4-5,7,14H,3,6H2. The zero-order valence-corrected chi connectivity index (χ0v) is 8.30. The minimum atomic E-state index is 0.457. The molecular weight excluding hydrogens is 196 g/mol. The van der Waals surface area contributed by atoms with E-state index in [1.807, 2.05) is 6.07 Å². The number of nitrogens with one attached hydrogen (secondary N) is 1. The average molecular weight is 205 g/mol. The molecule has 0 saturated carbocycles. The third kappa shape index (κ3) is 2.69. The van der Waals surface area contributed by atoms with Crippen LogP contribution in [0, 0.1) is 23.7 Å². The number of nitriles is 1. The first-order valence-corrected chi connectivity index (χ1v) is 4.52. The summed E-state index contributed by atoms with van der Waals surface area (Å²) in [6.45, 7) is 0.707. The number of hydrogen-bond donors (Lipinski definition) is 1. The van der Waals surface area contributed by atoms with E-state index in [0.717, 1.165) is 5.69 Å². The summed E-state index contributed by atoms with van der Waals surface area (Å²) >= 11 is 5.84. The second kappa shape index (κ2) is 5.17. The van der Waals surface area contributed by atoms with Gasteiger partial charge in [-0.05, 0) is 18.2 Å². The van der Waals surface area contributed by atoms with Crippen molar-refractivity contribution < 1.29 is 0 Å². The van der Waals surface area contributed by atoms with E-state index in [4.69, 9.17) is 23.3 Å². The third-order valence-corrected chi connectivity index (χ3v) is 2.00. The Morgan fingerprint density at radius 1 is 1.50 bits per heavy atom. The summed E-state index contributed by atoms with van der Waals surface area (Å²) in [5.74, 6) is 2.53. The van der Waals surface area contributed by atoms with Gasteiger partial charge in [0.25, 0.3) is 0 Å². The molecule has 2 nitrogen and oxygen atoms in total. The highest BCUT2D eigenvalue weighted by atomic mass is 35.5. The van der Waals surface area contributed by atoms with Gasteiger partial charge in [-0.3, -0.25) is 0 Å². The molecule has 0 spiro atoms. The van der Waals surface area contributed by atoms with Gasteiger partial charge in [-0.15, -0.1) is 12.3 Å². The molecule has 0 aliphatic rings. The van der Waals surface area contributed by atoms with E-state index in [2.05, 4.69) is 11.2 Å². The Morgan fingerprint density at radius 2 is 2.29 bits per heavy atom. The Kier molecular flexibility index (Phi) is 3.85. The molecular formula is C11H9ClN2. The monoisotopic (exact) mass is 204 g/mol. The van der Waals surface area contributed by atoms with Crippen LogP contribution in [0.25, 0.3) is 0 Å². The Labute approximate surface area is 88.5 Å². The van der Waals surface area contributed by atoms with Crippen molar-refractivity contribution in [3.05, 3.63) is 28.8 Å². The van der Waals surface area contributed by atoms with E-state index < -0.39 is 0 Å². The highest BCUT2D eigenvalue weighted by Crippen LogP contribution is 2.19. The van der Waals surface area contributed by atoms with Crippen LogP contribution in [0.2, 0.25) is 5.02 Å². The van der Waals surface area contributed by atoms with Crippen molar-refractivity contribution in [3.8, 4) is 18.4 Å². The van der Waals surface area contributed by atoms with Gasteiger partial charge in [-0.1, -0.05) is 11.6 Å². The fraction of sp³-hybridized carbons (Fsp3) is 0.182. The summed E-state index contributed by atoms with van der Waals surface area (Å²) in [6.07, 6.45) is 5.77. The molecule has 0 heterocycles. The topological polar surface area (TPSA) is 35.8 Å². The number of rotatable bonds is 3. The quantitative estimate of drug-likeness (QED) is 0.607. The molecule has 1 aromatic carbocycles. The highest BCUT2D eigenvalue weighted by Gasteiger charge is 1.99. The van der Waals surface area contributed by atoms with Crippen molar-refractivity contribution in [1.29, 1.82) is 5.26 Å². The largest absolute Gasteiger partial charge is 0.384 e. The number of halogens is 1. The highest BCUT2D eigenvalue weighted by molar-refractivity contribution is 6.32. The van der Waals surface area contributed by atoms with Gasteiger partial charge in [0.1, 0.15) is 6.07 Å². The van der Waals surface area contributed by atoms with Gasteiger partial charge in [0.2, 0.25) is 0 Å². The molecule has 0 aliphatic heterocycles. The van der Waals surface area contributed by atoms with E-state index >= 15 is 0 Å². The van der Waals surface area contributed by atoms with E-state index in [9.17, 15) is 0 Å². The lowest BCUT2D eigenvalue weighted by molar-refractivity contribution is 1.10. The maximum Gasteiger partial charge on any atom is 0.101 e. The number of anilines is 1. The van der Waals surface area contributed by atoms with Crippen molar-refractivity contribution in [2.75, 3.05) is 11.9 Å². The van der Waals surface area contributed by atoms with E-state index in [0.29, 0.717) is 23.6 Å². The van der Waals surface area contributed by atoms with Crippen LogP contribution >= 0.6 is 11.6 Å². The molecule has 14 heavy (non-hydrogen) atoms. The van der Waals surface area contributed by atoms with Gasteiger partial charge in [-0.25, -0.2) is 0 Å². The molecule has 0 aromatic heterocycles. The molecule has 0 aliphatic carbocycles. The average Bonchev–Trinajstić information content (AvgIpc) is 2.18. The van der Waals surface area contributed by atoms with Gasteiger partial charge in [0.15, 0.2) is 0 Å². The molecule has 0 fully saturated rings. The summed E-state index contributed by atoms with van der Waals surface area (Å²) in [6, 6.07) is 7.20. The molecule has 0 radical (unpaired) electrons. The fourth-order valence-corrected chi connectivity index (χ4v) is 1.22. The predicted molar refractivity (Wildman–Crippen MR) is 58.1 cm³/mol. The van der Waals surface area contributed by atoms with Gasteiger partial charge in [-0.2, -0.15) is 5.26 Å². The minimum Gasteiger partial charge on any atom is -0.384 e. The van der Waals surface area contributed by atoms with Gasteiger partial charge >= 0.3 is 0 Å². The Morgan fingerprint density at radius 3 is 2.86 bits per heavy atom. The Hall–Kier alpha value is -1.64. The molecule has 70 valence electrons. The van der Waals surface area contributed by atoms with Crippen molar-refractivity contribution in [2.45, 2.75) is 6.42 Å². The molecule has 3 heteroatoms. The SMILES string of the molecule is C#CCCNc1ccc(C#N)c(Cl)c1. The lowest BCUT2D eigenvalue weighted by Gasteiger charge is -2.04. The molecule has 0 atom stereocenters. The van der Waals surface area contributed by atoms with E-state index in [1.165, 1.54) is 0 Å². The molecule has 1 N–H and O–H groups in total. The molecule has 0 saturated heterocycles. The van der Waals surface area contributed by atoms with Crippen molar-refractivity contribution in [1.82, 2.24) is 0 Å². The summed E-state index contributed by atoms with van der Waals surface area (Å²) in [4.78, 5) is 0. The zero-order valence-electron chi connectivity index (χ0n) is 7.55. The molecule has 0 unspecified atom stereocenters.